The molecule has 0 fully saturated rings. The normalized spacial score (nSPS) is 9.31. The van der Waals surface area contributed by atoms with Gasteiger partial charge in [0.1, 0.15) is 0 Å². The summed E-state index contributed by atoms with van der Waals surface area (Å²) in [7, 11) is 0. The molecule has 1 aromatic rings. The van der Waals surface area contributed by atoms with Crippen LogP contribution in [0.25, 0.3) is 0 Å². The first-order chi connectivity index (χ1) is 6.20. The molecular formula is C9H6BrN3. The summed E-state index contributed by atoms with van der Waals surface area (Å²) in [6.07, 6.45) is 1.59. The minimum Gasteiger partial charge on any atom is -0.258 e. The molecule has 64 valence electrons. The Balaban J connectivity index is 3.25. The van der Waals surface area contributed by atoms with Crippen molar-refractivity contribution in [2.45, 2.75) is 12.8 Å². The number of nitrogens with zero attached hydrogens (tertiary/aromatic N) is 3. The zero-order chi connectivity index (χ0) is 9.84. The predicted molar refractivity (Wildman–Crippen MR) is 50.6 cm³/mol. The summed E-state index contributed by atoms with van der Waals surface area (Å²) >= 11 is 3.30. The van der Waals surface area contributed by atoms with Crippen molar-refractivity contribution < 1.29 is 0 Å². The highest BCUT2D eigenvalue weighted by Gasteiger charge is 2.15. The van der Waals surface area contributed by atoms with Crippen LogP contribution in [0.15, 0.2) is 16.7 Å². The minimum atomic E-state index is -0.797. The van der Waals surface area contributed by atoms with Gasteiger partial charge in [-0.15, -0.1) is 0 Å². The van der Waals surface area contributed by atoms with Gasteiger partial charge in [-0.1, -0.05) is 0 Å². The lowest BCUT2D eigenvalue weighted by Gasteiger charge is -2.04. The largest absolute Gasteiger partial charge is 0.258 e. The lowest BCUT2D eigenvalue weighted by molar-refractivity contribution is 0.992. The van der Waals surface area contributed by atoms with Crippen molar-refractivity contribution in [3.05, 3.63) is 28.0 Å². The Labute approximate surface area is 84.8 Å². The lowest BCUT2D eigenvalue weighted by Crippen LogP contribution is -1.98. The van der Waals surface area contributed by atoms with Gasteiger partial charge in [0.05, 0.1) is 17.8 Å². The minimum absolute atomic E-state index is 0.491. The fourth-order valence-corrected chi connectivity index (χ4v) is 1.38. The summed E-state index contributed by atoms with van der Waals surface area (Å²) < 4.78 is 0.739. The third kappa shape index (κ3) is 1.85. The molecule has 13 heavy (non-hydrogen) atoms. The molecule has 0 spiro atoms. The molecule has 0 aliphatic carbocycles. The molecular weight excluding hydrogens is 230 g/mol. The number of rotatable bonds is 1. The van der Waals surface area contributed by atoms with Crippen LogP contribution in [0, 0.1) is 29.6 Å². The van der Waals surface area contributed by atoms with Crippen LogP contribution < -0.4 is 0 Å². The van der Waals surface area contributed by atoms with Crippen LogP contribution in [-0.2, 0) is 0 Å². The Morgan fingerprint density at radius 2 is 2.08 bits per heavy atom. The molecule has 0 aromatic carbocycles. The fourth-order valence-electron chi connectivity index (χ4n) is 0.914. The average molecular weight is 236 g/mol. The van der Waals surface area contributed by atoms with E-state index in [1.54, 1.807) is 6.20 Å². The van der Waals surface area contributed by atoms with Gasteiger partial charge in [0, 0.05) is 10.7 Å². The first-order valence-electron chi connectivity index (χ1n) is 3.61. The van der Waals surface area contributed by atoms with Crippen LogP contribution >= 0.6 is 15.9 Å². The second-order valence-corrected chi connectivity index (χ2v) is 3.31. The predicted octanol–water partition coefficient (Wildman–Crippen LogP) is 2.28. The zero-order valence-electron chi connectivity index (χ0n) is 6.95. The monoisotopic (exact) mass is 235 g/mol. The van der Waals surface area contributed by atoms with Crippen molar-refractivity contribution in [3.8, 4) is 12.1 Å². The fraction of sp³-hybridized carbons (Fsp3) is 0.222. The molecule has 0 N–H and O–H groups in total. The number of halogens is 1. The molecule has 0 amide bonds. The van der Waals surface area contributed by atoms with Crippen LogP contribution in [0.4, 0.5) is 0 Å². The third-order valence-corrected chi connectivity index (χ3v) is 2.67. The topological polar surface area (TPSA) is 60.5 Å². The van der Waals surface area contributed by atoms with E-state index in [0.717, 1.165) is 10.0 Å². The molecule has 0 atom stereocenters. The smallest absolute Gasteiger partial charge is 0.176 e. The van der Waals surface area contributed by atoms with E-state index in [4.69, 9.17) is 10.5 Å². The summed E-state index contributed by atoms with van der Waals surface area (Å²) in [6.45, 7) is 1.89. The molecule has 0 aliphatic rings. The van der Waals surface area contributed by atoms with E-state index in [2.05, 4.69) is 20.9 Å². The highest BCUT2D eigenvalue weighted by molar-refractivity contribution is 9.10. The highest BCUT2D eigenvalue weighted by Crippen LogP contribution is 2.24. The van der Waals surface area contributed by atoms with Crippen molar-refractivity contribution in [3.63, 3.8) is 0 Å². The van der Waals surface area contributed by atoms with Gasteiger partial charge in [-0.25, -0.2) is 0 Å². The number of hydrogen-bond donors (Lipinski definition) is 0. The molecule has 1 rings (SSSR count). The summed E-state index contributed by atoms with van der Waals surface area (Å²) in [4.78, 5) is 3.99. The van der Waals surface area contributed by atoms with Crippen LogP contribution in [0.1, 0.15) is 17.2 Å². The van der Waals surface area contributed by atoms with E-state index in [1.165, 1.54) is 0 Å². The van der Waals surface area contributed by atoms with E-state index in [0.29, 0.717) is 5.69 Å². The summed E-state index contributed by atoms with van der Waals surface area (Å²) in [5.74, 6) is -0.797. The second-order valence-electron chi connectivity index (χ2n) is 2.52. The molecule has 0 saturated heterocycles. The van der Waals surface area contributed by atoms with E-state index in [-0.39, 0.29) is 0 Å². The molecule has 3 nitrogen and oxygen atoms in total. The maximum absolute atomic E-state index is 8.66. The van der Waals surface area contributed by atoms with Gasteiger partial charge in [-0.05, 0) is 34.5 Å². The van der Waals surface area contributed by atoms with Gasteiger partial charge >= 0.3 is 0 Å². The van der Waals surface area contributed by atoms with Crippen molar-refractivity contribution in [1.29, 1.82) is 10.5 Å². The molecule has 0 saturated carbocycles. The van der Waals surface area contributed by atoms with Crippen LogP contribution in [0.5, 0.6) is 0 Å². The van der Waals surface area contributed by atoms with E-state index in [9.17, 15) is 0 Å². The maximum Gasteiger partial charge on any atom is 0.176 e. The number of aryl methyl sites for hydroxylation is 1. The Hall–Kier alpha value is -1.39. The number of hydrogen-bond acceptors (Lipinski definition) is 3. The summed E-state index contributed by atoms with van der Waals surface area (Å²) in [6, 6.07) is 5.58. The Kier molecular flexibility index (Phi) is 3.00. The van der Waals surface area contributed by atoms with E-state index < -0.39 is 5.92 Å². The molecule has 0 bridgehead atoms. The van der Waals surface area contributed by atoms with Crippen molar-refractivity contribution in [1.82, 2.24) is 4.98 Å². The quantitative estimate of drug-likeness (QED) is 0.751. The summed E-state index contributed by atoms with van der Waals surface area (Å²) in [5.41, 5.74) is 1.46. The molecule has 0 radical (unpaired) electrons. The third-order valence-electron chi connectivity index (χ3n) is 1.64. The summed E-state index contributed by atoms with van der Waals surface area (Å²) in [5, 5.41) is 17.3. The van der Waals surface area contributed by atoms with E-state index >= 15 is 0 Å². The highest BCUT2D eigenvalue weighted by atomic mass is 79.9. The van der Waals surface area contributed by atoms with E-state index in [1.807, 2.05) is 25.1 Å². The van der Waals surface area contributed by atoms with Gasteiger partial charge in [-0.2, -0.15) is 10.5 Å². The number of pyridine rings is 1. The van der Waals surface area contributed by atoms with Crippen LogP contribution in [0.2, 0.25) is 0 Å². The van der Waals surface area contributed by atoms with Crippen molar-refractivity contribution in [2.24, 2.45) is 0 Å². The SMILES string of the molecule is Cc1ccnc(C(C#N)C#N)c1Br. The second kappa shape index (κ2) is 4.02. The van der Waals surface area contributed by atoms with Gasteiger partial charge in [0.15, 0.2) is 5.92 Å². The average Bonchev–Trinajstić information content (AvgIpc) is 2.14. The zero-order valence-corrected chi connectivity index (χ0v) is 8.54. The first-order valence-corrected chi connectivity index (χ1v) is 4.40. The van der Waals surface area contributed by atoms with Crippen molar-refractivity contribution in [2.75, 3.05) is 0 Å². The molecule has 0 unspecified atom stereocenters. The van der Waals surface area contributed by atoms with Crippen LogP contribution in [0.3, 0.4) is 0 Å². The maximum atomic E-state index is 8.66. The molecule has 4 heteroatoms. The Bertz CT molecular complexity index is 386. The number of nitriles is 2. The van der Waals surface area contributed by atoms with Gasteiger partial charge in [0.2, 0.25) is 0 Å². The lowest BCUT2D eigenvalue weighted by atomic mass is 10.1. The Morgan fingerprint density at radius 1 is 1.46 bits per heavy atom. The molecule has 1 heterocycles. The Morgan fingerprint density at radius 3 is 2.62 bits per heavy atom. The molecule has 1 aromatic heterocycles. The van der Waals surface area contributed by atoms with Gasteiger partial charge in [-0.3, -0.25) is 4.98 Å². The van der Waals surface area contributed by atoms with Gasteiger partial charge in [0.25, 0.3) is 0 Å². The standard InChI is InChI=1S/C9H6BrN3/c1-6-2-3-13-9(8(6)10)7(4-11)5-12/h2-3,7H,1H3. The van der Waals surface area contributed by atoms with Crippen LogP contribution in [-0.4, -0.2) is 4.98 Å². The van der Waals surface area contributed by atoms with Gasteiger partial charge < -0.3 is 0 Å². The molecule has 0 aliphatic heterocycles. The number of aromatic nitrogens is 1. The van der Waals surface area contributed by atoms with Crippen molar-refractivity contribution >= 4 is 15.9 Å². The first kappa shape index (κ1) is 9.70.